The fourth-order valence-corrected chi connectivity index (χ4v) is 2.64. The van der Waals surface area contributed by atoms with Crippen LogP contribution in [-0.4, -0.2) is 29.6 Å². The highest BCUT2D eigenvalue weighted by Crippen LogP contribution is 2.25. The van der Waals surface area contributed by atoms with Crippen LogP contribution in [0.5, 0.6) is 0 Å². The summed E-state index contributed by atoms with van der Waals surface area (Å²) in [6.45, 7) is 0.678. The van der Waals surface area contributed by atoms with Crippen molar-refractivity contribution < 1.29 is 14.2 Å². The fraction of sp³-hybridized carbons (Fsp3) is 0.400. The molecule has 0 radical (unpaired) electrons. The Bertz CT molecular complexity index is 413. The molecule has 2 atom stereocenters. The van der Waals surface area contributed by atoms with Gasteiger partial charge >= 0.3 is 0 Å². The van der Waals surface area contributed by atoms with Crippen LogP contribution in [0.2, 0.25) is 0 Å². The van der Waals surface area contributed by atoms with Crippen LogP contribution in [0.1, 0.15) is 11.3 Å². The molecule has 0 spiro atoms. The molecule has 0 saturated carbocycles. The Kier molecular flexibility index (Phi) is 2.07. The predicted octanol–water partition coefficient (Wildman–Crippen LogP) is 0.587. The molecule has 3 rings (SSSR count). The number of nitrogens with one attached hydrogen (secondary N) is 1. The molecule has 1 aromatic heterocycles. The first-order valence-corrected chi connectivity index (χ1v) is 5.81. The number of carbonyl (C=O) groups excluding carboxylic acids is 1. The SMILES string of the molecule is O=C1N/[N+](=C\c2cccs2)[C@@H]2OCC[C@H]12. The van der Waals surface area contributed by atoms with Crippen molar-refractivity contribution in [2.75, 3.05) is 6.61 Å². The highest BCUT2D eigenvalue weighted by atomic mass is 32.1. The Morgan fingerprint density at radius 2 is 2.60 bits per heavy atom. The zero-order chi connectivity index (χ0) is 10.3. The Balaban J connectivity index is 1.91. The molecule has 2 aliphatic rings. The third-order valence-corrected chi connectivity index (χ3v) is 3.53. The minimum Gasteiger partial charge on any atom is -0.319 e. The number of nitrogens with zero attached hydrogens (tertiary/aromatic N) is 1. The lowest BCUT2D eigenvalue weighted by atomic mass is 10.1. The fourth-order valence-electron chi connectivity index (χ4n) is 1.99. The maximum absolute atomic E-state index is 11.5. The van der Waals surface area contributed by atoms with Gasteiger partial charge < -0.3 is 4.74 Å². The van der Waals surface area contributed by atoms with Gasteiger partial charge in [-0.1, -0.05) is 10.8 Å². The van der Waals surface area contributed by atoms with Gasteiger partial charge in [0, 0.05) is 0 Å². The molecule has 3 heterocycles. The normalized spacial score (nSPS) is 32.0. The second-order valence-corrected chi connectivity index (χ2v) is 4.66. The molecule has 15 heavy (non-hydrogen) atoms. The molecule has 0 aliphatic carbocycles. The number of fused-ring (bicyclic) bond motifs is 1. The van der Waals surface area contributed by atoms with E-state index in [4.69, 9.17) is 4.74 Å². The molecule has 1 amide bonds. The van der Waals surface area contributed by atoms with Crippen LogP contribution in [0, 0.1) is 5.92 Å². The molecule has 2 aliphatic heterocycles. The van der Waals surface area contributed by atoms with E-state index in [9.17, 15) is 4.79 Å². The van der Waals surface area contributed by atoms with Gasteiger partial charge in [-0.05, 0) is 17.9 Å². The molecule has 4 nitrogen and oxygen atoms in total. The molecule has 1 N–H and O–H groups in total. The van der Waals surface area contributed by atoms with Gasteiger partial charge in [-0.3, -0.25) is 4.79 Å². The van der Waals surface area contributed by atoms with Crippen molar-refractivity contribution in [2.24, 2.45) is 5.92 Å². The van der Waals surface area contributed by atoms with E-state index in [0.717, 1.165) is 11.3 Å². The van der Waals surface area contributed by atoms with Crippen LogP contribution < -0.4 is 5.43 Å². The zero-order valence-electron chi connectivity index (χ0n) is 8.05. The standard InChI is InChI=1S/C10H10N2O2S/c13-9-8-3-4-14-10(8)12(11-9)6-7-2-1-5-15-7/h1-2,5-6,8,10H,3-4H2/p+1/b12-6-/t8-,10-/m1/s1. The summed E-state index contributed by atoms with van der Waals surface area (Å²) < 4.78 is 7.31. The first-order chi connectivity index (χ1) is 7.34. The molecule has 2 fully saturated rings. The number of amides is 1. The number of thiophene rings is 1. The second-order valence-electron chi connectivity index (χ2n) is 3.68. The first-order valence-electron chi connectivity index (χ1n) is 4.93. The third-order valence-electron chi connectivity index (χ3n) is 2.72. The maximum atomic E-state index is 11.5. The van der Waals surface area contributed by atoms with E-state index in [2.05, 4.69) is 5.43 Å². The molecular formula is C10H11N2O2S+. The van der Waals surface area contributed by atoms with Crippen molar-refractivity contribution in [1.29, 1.82) is 0 Å². The Labute approximate surface area is 91.2 Å². The van der Waals surface area contributed by atoms with Crippen LogP contribution in [0.4, 0.5) is 0 Å². The Morgan fingerprint density at radius 1 is 1.67 bits per heavy atom. The molecule has 2 saturated heterocycles. The number of carbonyl (C=O) groups is 1. The van der Waals surface area contributed by atoms with E-state index < -0.39 is 0 Å². The van der Waals surface area contributed by atoms with Gasteiger partial charge in [0.1, 0.15) is 5.92 Å². The van der Waals surface area contributed by atoms with Gasteiger partial charge in [-0.25, -0.2) is 0 Å². The van der Waals surface area contributed by atoms with Crippen LogP contribution in [0.25, 0.3) is 0 Å². The summed E-state index contributed by atoms with van der Waals surface area (Å²) in [4.78, 5) is 12.7. The zero-order valence-corrected chi connectivity index (χ0v) is 8.87. The molecule has 5 heteroatoms. The van der Waals surface area contributed by atoms with Crippen molar-refractivity contribution in [3.05, 3.63) is 22.4 Å². The summed E-state index contributed by atoms with van der Waals surface area (Å²) in [5, 5.41) is 2.01. The maximum Gasteiger partial charge on any atom is 0.297 e. The number of rotatable bonds is 1. The van der Waals surface area contributed by atoms with E-state index in [1.165, 1.54) is 0 Å². The molecule has 1 aromatic rings. The van der Waals surface area contributed by atoms with Crippen molar-refractivity contribution in [3.8, 4) is 0 Å². The van der Waals surface area contributed by atoms with Crippen LogP contribution in [0.3, 0.4) is 0 Å². The number of hydrogen-bond acceptors (Lipinski definition) is 3. The Hall–Kier alpha value is -1.20. The monoisotopic (exact) mass is 223 g/mol. The smallest absolute Gasteiger partial charge is 0.297 e. The van der Waals surface area contributed by atoms with Gasteiger partial charge in [0.25, 0.3) is 12.1 Å². The van der Waals surface area contributed by atoms with Gasteiger partial charge in [-0.2, -0.15) is 0 Å². The number of hydrazine groups is 1. The molecule has 0 bridgehead atoms. The highest BCUT2D eigenvalue weighted by Gasteiger charge is 2.50. The topological polar surface area (TPSA) is 41.3 Å². The van der Waals surface area contributed by atoms with Crippen molar-refractivity contribution in [3.63, 3.8) is 0 Å². The average Bonchev–Trinajstić information content (AvgIpc) is 2.89. The number of hydrogen-bond donors (Lipinski definition) is 1. The predicted molar refractivity (Wildman–Crippen MR) is 55.7 cm³/mol. The van der Waals surface area contributed by atoms with Gasteiger partial charge in [0.15, 0.2) is 0 Å². The van der Waals surface area contributed by atoms with Crippen LogP contribution in [0.15, 0.2) is 17.5 Å². The minimum atomic E-state index is -0.111. The van der Waals surface area contributed by atoms with E-state index in [0.29, 0.717) is 6.61 Å². The van der Waals surface area contributed by atoms with E-state index in [1.807, 2.05) is 23.7 Å². The second kappa shape index (κ2) is 3.43. The first kappa shape index (κ1) is 9.06. The van der Waals surface area contributed by atoms with Crippen LogP contribution in [-0.2, 0) is 9.53 Å². The summed E-state index contributed by atoms with van der Waals surface area (Å²) in [5.74, 6) is 0.0755. The van der Waals surface area contributed by atoms with Crippen molar-refractivity contribution >= 4 is 23.5 Å². The lowest BCUT2D eigenvalue weighted by molar-refractivity contribution is -0.630. The third kappa shape index (κ3) is 1.48. The lowest BCUT2D eigenvalue weighted by Gasteiger charge is -1.99. The van der Waals surface area contributed by atoms with Crippen molar-refractivity contribution in [2.45, 2.75) is 12.6 Å². The summed E-state index contributed by atoms with van der Waals surface area (Å²) in [6, 6.07) is 4.00. The van der Waals surface area contributed by atoms with Gasteiger partial charge in [0.05, 0.1) is 11.5 Å². The minimum absolute atomic E-state index is 0.00112. The number of ether oxygens (including phenoxy) is 1. The summed E-state index contributed by atoms with van der Waals surface area (Å²) in [5.41, 5.74) is 2.81. The molecule has 0 aromatic carbocycles. The van der Waals surface area contributed by atoms with E-state index >= 15 is 0 Å². The molecule has 0 unspecified atom stereocenters. The summed E-state index contributed by atoms with van der Waals surface area (Å²) in [7, 11) is 0. The number of hydrazone groups is 1. The van der Waals surface area contributed by atoms with E-state index in [1.54, 1.807) is 16.0 Å². The van der Waals surface area contributed by atoms with Gasteiger partial charge in [0.2, 0.25) is 6.21 Å². The van der Waals surface area contributed by atoms with E-state index in [-0.39, 0.29) is 18.1 Å². The summed E-state index contributed by atoms with van der Waals surface area (Å²) >= 11 is 1.64. The van der Waals surface area contributed by atoms with Crippen LogP contribution >= 0.6 is 11.3 Å². The molecule has 78 valence electrons. The molecular weight excluding hydrogens is 212 g/mol. The quantitative estimate of drug-likeness (QED) is 0.708. The summed E-state index contributed by atoms with van der Waals surface area (Å²) in [6.07, 6.45) is 2.64. The highest BCUT2D eigenvalue weighted by molar-refractivity contribution is 7.11. The van der Waals surface area contributed by atoms with Gasteiger partial charge in [-0.15, -0.1) is 16.8 Å². The largest absolute Gasteiger partial charge is 0.319 e. The Morgan fingerprint density at radius 3 is 3.40 bits per heavy atom. The van der Waals surface area contributed by atoms with Crippen molar-refractivity contribution in [1.82, 2.24) is 5.43 Å². The average molecular weight is 223 g/mol. The lowest BCUT2D eigenvalue weighted by Crippen LogP contribution is -2.31.